The lowest BCUT2D eigenvalue weighted by molar-refractivity contribution is -0.132. The van der Waals surface area contributed by atoms with E-state index in [2.05, 4.69) is 5.32 Å². The summed E-state index contributed by atoms with van der Waals surface area (Å²) in [6.45, 7) is 4.72. The van der Waals surface area contributed by atoms with Gasteiger partial charge in [-0.25, -0.2) is 4.39 Å². The molecule has 142 valence electrons. The van der Waals surface area contributed by atoms with Crippen LogP contribution in [0.2, 0.25) is 0 Å². The minimum absolute atomic E-state index is 0.105. The second kappa shape index (κ2) is 8.20. The number of nitrogens with one attached hydrogen (secondary N) is 1. The van der Waals surface area contributed by atoms with Gasteiger partial charge in [0.25, 0.3) is 0 Å². The molecule has 3 rings (SSSR count). The van der Waals surface area contributed by atoms with Gasteiger partial charge in [-0.1, -0.05) is 12.1 Å². The Kier molecular flexibility index (Phi) is 5.74. The molecule has 1 aliphatic heterocycles. The molecule has 1 heterocycles. The lowest BCUT2D eigenvalue weighted by Crippen LogP contribution is -2.36. The molecule has 1 aliphatic rings. The lowest BCUT2D eigenvalue weighted by Gasteiger charge is -2.16. The van der Waals surface area contributed by atoms with Crippen LogP contribution in [0, 0.1) is 11.7 Å². The average Bonchev–Trinajstić information content (AvgIpc) is 3.03. The number of benzene rings is 2. The van der Waals surface area contributed by atoms with Gasteiger partial charge in [0.15, 0.2) is 0 Å². The Hall–Kier alpha value is -2.89. The summed E-state index contributed by atoms with van der Waals surface area (Å²) in [7, 11) is 0. The van der Waals surface area contributed by atoms with E-state index in [4.69, 9.17) is 4.74 Å². The number of amides is 2. The quantitative estimate of drug-likeness (QED) is 0.794. The number of anilines is 1. The van der Waals surface area contributed by atoms with Gasteiger partial charge in [0, 0.05) is 18.8 Å². The van der Waals surface area contributed by atoms with Crippen LogP contribution < -0.4 is 15.0 Å². The first-order chi connectivity index (χ1) is 12.9. The molecule has 5 nitrogen and oxygen atoms in total. The Balaban J connectivity index is 1.55. The average molecular weight is 370 g/mol. The number of carbonyl (C=O) groups is 2. The third-order valence-electron chi connectivity index (χ3n) is 4.42. The third-order valence-corrected chi connectivity index (χ3v) is 4.42. The number of ether oxygens (including phenoxy) is 1. The van der Waals surface area contributed by atoms with Crippen molar-refractivity contribution in [2.45, 2.75) is 32.9 Å². The molecule has 2 aromatic rings. The topological polar surface area (TPSA) is 58.6 Å². The molecule has 0 saturated carbocycles. The molecule has 1 saturated heterocycles. The monoisotopic (exact) mass is 370 g/mol. The fourth-order valence-electron chi connectivity index (χ4n) is 3.07. The van der Waals surface area contributed by atoms with Gasteiger partial charge in [-0.2, -0.15) is 0 Å². The van der Waals surface area contributed by atoms with Gasteiger partial charge in [-0.3, -0.25) is 9.59 Å². The minimum Gasteiger partial charge on any atom is -0.491 e. The second-order valence-corrected chi connectivity index (χ2v) is 6.84. The van der Waals surface area contributed by atoms with Gasteiger partial charge in [0.1, 0.15) is 17.5 Å². The normalized spacial score (nSPS) is 16.7. The molecule has 6 heteroatoms. The third kappa shape index (κ3) is 4.64. The van der Waals surface area contributed by atoms with Gasteiger partial charge in [0.2, 0.25) is 11.8 Å². The van der Waals surface area contributed by atoms with Gasteiger partial charge < -0.3 is 15.0 Å². The lowest BCUT2D eigenvalue weighted by atomic mass is 10.1. The number of halogens is 1. The van der Waals surface area contributed by atoms with Crippen LogP contribution in [0.4, 0.5) is 10.1 Å². The number of nitrogens with zero attached hydrogens (tertiary/aromatic N) is 1. The van der Waals surface area contributed by atoms with Crippen molar-refractivity contribution in [1.82, 2.24) is 5.32 Å². The zero-order valence-electron chi connectivity index (χ0n) is 15.4. The first-order valence-corrected chi connectivity index (χ1v) is 9.04. The van der Waals surface area contributed by atoms with Crippen molar-refractivity contribution in [2.24, 2.45) is 5.92 Å². The molecule has 0 spiro atoms. The zero-order chi connectivity index (χ0) is 19.4. The summed E-state index contributed by atoms with van der Waals surface area (Å²) < 4.78 is 18.6. The van der Waals surface area contributed by atoms with Gasteiger partial charge in [-0.15, -0.1) is 0 Å². The molecule has 2 amide bonds. The fourth-order valence-corrected chi connectivity index (χ4v) is 3.07. The van der Waals surface area contributed by atoms with E-state index in [0.717, 1.165) is 11.3 Å². The molecule has 0 unspecified atom stereocenters. The van der Waals surface area contributed by atoms with Crippen molar-refractivity contribution in [2.75, 3.05) is 11.4 Å². The molecule has 2 aromatic carbocycles. The van der Waals surface area contributed by atoms with Crippen molar-refractivity contribution in [3.63, 3.8) is 0 Å². The van der Waals surface area contributed by atoms with Crippen LogP contribution in [0.25, 0.3) is 0 Å². The minimum atomic E-state index is -0.710. The van der Waals surface area contributed by atoms with Crippen LogP contribution in [0.15, 0.2) is 48.5 Å². The zero-order valence-corrected chi connectivity index (χ0v) is 15.4. The molecular weight excluding hydrogens is 347 g/mol. The summed E-state index contributed by atoms with van der Waals surface area (Å²) in [4.78, 5) is 26.5. The van der Waals surface area contributed by atoms with E-state index < -0.39 is 5.92 Å². The van der Waals surface area contributed by atoms with Crippen LogP contribution in [-0.2, 0) is 16.1 Å². The van der Waals surface area contributed by atoms with Gasteiger partial charge in [0.05, 0.1) is 6.10 Å². The summed E-state index contributed by atoms with van der Waals surface area (Å²) >= 11 is 0. The predicted molar refractivity (Wildman–Crippen MR) is 101 cm³/mol. The Morgan fingerprint density at radius 1 is 1.19 bits per heavy atom. The number of hydrogen-bond donors (Lipinski definition) is 1. The van der Waals surface area contributed by atoms with E-state index in [-0.39, 0.29) is 23.7 Å². The van der Waals surface area contributed by atoms with E-state index in [9.17, 15) is 14.0 Å². The summed E-state index contributed by atoms with van der Waals surface area (Å²) in [6.07, 6.45) is 0.552. The van der Waals surface area contributed by atoms with Crippen molar-refractivity contribution in [3.05, 3.63) is 59.9 Å². The summed E-state index contributed by atoms with van der Waals surface area (Å²) in [5.41, 5.74) is 1.54. The Labute approximate surface area is 158 Å². The highest BCUT2D eigenvalue weighted by Crippen LogP contribution is 2.25. The summed E-state index contributed by atoms with van der Waals surface area (Å²) in [5, 5.41) is 2.83. The highest BCUT2D eigenvalue weighted by molar-refractivity contribution is 6.09. The van der Waals surface area contributed by atoms with Gasteiger partial charge >= 0.3 is 0 Å². The smallest absolute Gasteiger partial charge is 0.239 e. The first kappa shape index (κ1) is 18.9. The van der Waals surface area contributed by atoms with Crippen LogP contribution in [0.5, 0.6) is 5.75 Å². The van der Waals surface area contributed by atoms with E-state index in [1.807, 2.05) is 38.1 Å². The maximum absolute atomic E-state index is 13.0. The van der Waals surface area contributed by atoms with Crippen molar-refractivity contribution < 1.29 is 18.7 Å². The van der Waals surface area contributed by atoms with Crippen LogP contribution >= 0.6 is 0 Å². The second-order valence-electron chi connectivity index (χ2n) is 6.84. The van der Waals surface area contributed by atoms with E-state index in [1.165, 1.54) is 17.0 Å². The molecule has 1 N–H and O–H groups in total. The summed E-state index contributed by atoms with van der Waals surface area (Å²) in [5.74, 6) is -0.823. The predicted octanol–water partition coefficient (Wildman–Crippen LogP) is 3.28. The fraction of sp³-hybridized carbons (Fsp3) is 0.333. The Morgan fingerprint density at radius 2 is 1.85 bits per heavy atom. The highest BCUT2D eigenvalue weighted by atomic mass is 19.1. The molecule has 0 bridgehead atoms. The maximum atomic E-state index is 13.0. The van der Waals surface area contributed by atoms with E-state index in [0.29, 0.717) is 25.2 Å². The van der Waals surface area contributed by atoms with E-state index >= 15 is 0 Å². The van der Waals surface area contributed by atoms with Crippen LogP contribution in [0.3, 0.4) is 0 Å². The number of rotatable bonds is 6. The van der Waals surface area contributed by atoms with Crippen molar-refractivity contribution in [1.29, 1.82) is 0 Å². The van der Waals surface area contributed by atoms with Crippen LogP contribution in [-0.4, -0.2) is 24.5 Å². The Morgan fingerprint density at radius 3 is 2.48 bits per heavy atom. The van der Waals surface area contributed by atoms with Crippen molar-refractivity contribution in [3.8, 4) is 5.75 Å². The first-order valence-electron chi connectivity index (χ1n) is 9.04. The Bertz CT molecular complexity index is 803. The van der Waals surface area contributed by atoms with Gasteiger partial charge in [-0.05, 0) is 62.2 Å². The molecule has 1 fully saturated rings. The number of carbonyl (C=O) groups excluding carboxylic acids is 2. The van der Waals surface area contributed by atoms with Crippen LogP contribution in [0.1, 0.15) is 25.8 Å². The highest BCUT2D eigenvalue weighted by Gasteiger charge is 2.37. The van der Waals surface area contributed by atoms with Crippen molar-refractivity contribution >= 4 is 17.5 Å². The molecule has 0 radical (unpaired) electrons. The SMILES string of the molecule is CC(C)Oc1ccc(CNC(=O)[C@@H]2CCN(c3ccc(F)cc3)C2=O)cc1. The summed E-state index contributed by atoms with van der Waals surface area (Å²) in [6, 6.07) is 13.2. The number of hydrogen-bond acceptors (Lipinski definition) is 3. The standard InChI is InChI=1S/C21H23FN2O3/c1-14(2)27-18-9-3-15(4-10-18)13-23-20(25)19-11-12-24(21(19)26)17-7-5-16(22)6-8-17/h3-10,14,19H,11-13H2,1-2H3,(H,23,25)/t19-/m0/s1. The molecular formula is C21H23FN2O3. The molecule has 0 aliphatic carbocycles. The maximum Gasteiger partial charge on any atom is 0.239 e. The molecule has 1 atom stereocenters. The molecule has 27 heavy (non-hydrogen) atoms. The molecule has 0 aromatic heterocycles. The van der Waals surface area contributed by atoms with E-state index in [1.54, 1.807) is 12.1 Å². The largest absolute Gasteiger partial charge is 0.491 e.